The molecule has 0 radical (unpaired) electrons. The van der Waals surface area contributed by atoms with Crippen molar-refractivity contribution in [1.82, 2.24) is 0 Å². The Bertz CT molecular complexity index is 1190. The fraction of sp³-hybridized carbons (Fsp3) is 0.200. The number of phenolic OH excluding ortho intramolecular Hbond substituents is 1. The Balaban J connectivity index is 1.72. The first kappa shape index (κ1) is 20.5. The number of hydrogen-bond acceptors (Lipinski definition) is 6. The molecule has 3 aromatic carbocycles. The van der Waals surface area contributed by atoms with Crippen LogP contribution in [0.1, 0.15) is 43.0 Å². The molecular formula is C25H22O6. The highest BCUT2D eigenvalue weighted by molar-refractivity contribution is 6.30. The van der Waals surface area contributed by atoms with E-state index in [4.69, 9.17) is 14.2 Å². The quantitative estimate of drug-likeness (QED) is 0.510. The zero-order chi connectivity index (χ0) is 22.1. The molecule has 1 N–H and O–H groups in total. The van der Waals surface area contributed by atoms with E-state index >= 15 is 0 Å². The number of methoxy groups -OCH3 is 3. The van der Waals surface area contributed by atoms with Gasteiger partial charge in [0.05, 0.1) is 32.5 Å². The minimum absolute atomic E-state index is 0.0712. The Labute approximate surface area is 180 Å². The normalized spacial score (nSPS) is 12.2. The number of fused-ring (bicyclic) bond motifs is 2. The van der Waals surface area contributed by atoms with E-state index in [0.717, 1.165) is 11.1 Å². The molecule has 6 nitrogen and oxygen atoms in total. The second kappa shape index (κ2) is 8.14. The lowest BCUT2D eigenvalue weighted by atomic mass is 9.81. The SMILES string of the molecule is COc1ccc(CCc2ccc3c(c2OC)C(=O)c2c(OC)cccc2C3=O)cc1O. The number of ether oxygens (including phenoxy) is 3. The van der Waals surface area contributed by atoms with Crippen molar-refractivity contribution < 1.29 is 28.9 Å². The number of carbonyl (C=O) groups is 2. The van der Waals surface area contributed by atoms with Crippen LogP contribution in [0, 0.1) is 0 Å². The molecule has 4 rings (SSSR count). The van der Waals surface area contributed by atoms with Crippen molar-refractivity contribution in [3.8, 4) is 23.0 Å². The third-order valence-electron chi connectivity index (χ3n) is 5.56. The molecule has 0 atom stereocenters. The number of aryl methyl sites for hydroxylation is 2. The molecule has 3 aromatic rings. The van der Waals surface area contributed by atoms with Gasteiger partial charge >= 0.3 is 0 Å². The Morgan fingerprint density at radius 2 is 1.48 bits per heavy atom. The molecule has 158 valence electrons. The third kappa shape index (κ3) is 3.40. The summed E-state index contributed by atoms with van der Waals surface area (Å²) in [5.41, 5.74) is 2.90. The van der Waals surface area contributed by atoms with Crippen molar-refractivity contribution in [3.05, 3.63) is 81.9 Å². The molecule has 31 heavy (non-hydrogen) atoms. The molecule has 1 aliphatic carbocycles. The summed E-state index contributed by atoms with van der Waals surface area (Å²) in [4.78, 5) is 26.5. The molecule has 1 aliphatic rings. The summed E-state index contributed by atoms with van der Waals surface area (Å²) >= 11 is 0. The molecule has 0 saturated heterocycles. The highest BCUT2D eigenvalue weighted by Crippen LogP contribution is 2.39. The van der Waals surface area contributed by atoms with Crippen molar-refractivity contribution in [2.45, 2.75) is 12.8 Å². The first-order chi connectivity index (χ1) is 15.0. The molecule has 0 fully saturated rings. The van der Waals surface area contributed by atoms with Gasteiger partial charge in [-0.1, -0.05) is 24.3 Å². The van der Waals surface area contributed by atoms with Gasteiger partial charge in [0.1, 0.15) is 11.5 Å². The summed E-state index contributed by atoms with van der Waals surface area (Å²) in [6, 6.07) is 13.7. The number of hydrogen-bond donors (Lipinski definition) is 1. The maximum absolute atomic E-state index is 13.4. The number of ketones is 2. The predicted molar refractivity (Wildman–Crippen MR) is 115 cm³/mol. The highest BCUT2D eigenvalue weighted by Gasteiger charge is 2.35. The molecule has 0 amide bonds. The van der Waals surface area contributed by atoms with Gasteiger partial charge < -0.3 is 19.3 Å². The molecule has 6 heteroatoms. The second-order valence-electron chi connectivity index (χ2n) is 7.23. The van der Waals surface area contributed by atoms with Gasteiger partial charge in [0.25, 0.3) is 0 Å². The van der Waals surface area contributed by atoms with Gasteiger partial charge in [0.2, 0.25) is 5.78 Å². The van der Waals surface area contributed by atoms with Crippen molar-refractivity contribution >= 4 is 11.6 Å². The minimum atomic E-state index is -0.289. The number of aromatic hydroxyl groups is 1. The largest absolute Gasteiger partial charge is 0.504 e. The van der Waals surface area contributed by atoms with Crippen molar-refractivity contribution in [1.29, 1.82) is 0 Å². The van der Waals surface area contributed by atoms with Crippen LogP contribution in [-0.2, 0) is 12.8 Å². The van der Waals surface area contributed by atoms with Crippen LogP contribution in [0.4, 0.5) is 0 Å². The molecule has 0 saturated carbocycles. The zero-order valence-corrected chi connectivity index (χ0v) is 17.5. The van der Waals surface area contributed by atoms with Crippen LogP contribution in [0.25, 0.3) is 0 Å². The monoisotopic (exact) mass is 418 g/mol. The van der Waals surface area contributed by atoms with Crippen LogP contribution >= 0.6 is 0 Å². The van der Waals surface area contributed by atoms with Crippen LogP contribution in [0.2, 0.25) is 0 Å². The van der Waals surface area contributed by atoms with Gasteiger partial charge in [-0.25, -0.2) is 0 Å². The van der Waals surface area contributed by atoms with Gasteiger partial charge in [-0.3, -0.25) is 9.59 Å². The third-order valence-corrected chi connectivity index (χ3v) is 5.56. The Morgan fingerprint density at radius 3 is 2.16 bits per heavy atom. The fourth-order valence-electron chi connectivity index (χ4n) is 4.04. The average Bonchev–Trinajstić information content (AvgIpc) is 2.80. The fourth-order valence-corrected chi connectivity index (χ4v) is 4.04. The van der Waals surface area contributed by atoms with Crippen LogP contribution in [0.5, 0.6) is 23.0 Å². The van der Waals surface area contributed by atoms with Gasteiger partial charge in [-0.05, 0) is 48.2 Å². The highest BCUT2D eigenvalue weighted by atomic mass is 16.5. The number of benzene rings is 3. The van der Waals surface area contributed by atoms with E-state index in [9.17, 15) is 14.7 Å². The Hall–Kier alpha value is -3.80. The van der Waals surface area contributed by atoms with Crippen molar-refractivity contribution in [2.24, 2.45) is 0 Å². The van der Waals surface area contributed by atoms with Gasteiger partial charge in [-0.15, -0.1) is 0 Å². The topological polar surface area (TPSA) is 82.1 Å². The zero-order valence-electron chi connectivity index (χ0n) is 17.5. The summed E-state index contributed by atoms with van der Waals surface area (Å²) < 4.78 is 16.0. The lowest BCUT2D eigenvalue weighted by Gasteiger charge is -2.23. The lowest BCUT2D eigenvalue weighted by Crippen LogP contribution is -2.23. The van der Waals surface area contributed by atoms with Gasteiger partial charge in [-0.2, -0.15) is 0 Å². The first-order valence-electron chi connectivity index (χ1n) is 9.82. The molecule has 0 heterocycles. The van der Waals surface area contributed by atoms with E-state index in [0.29, 0.717) is 41.2 Å². The van der Waals surface area contributed by atoms with E-state index in [1.165, 1.54) is 21.3 Å². The number of phenols is 1. The van der Waals surface area contributed by atoms with E-state index in [1.54, 1.807) is 36.4 Å². The van der Waals surface area contributed by atoms with Crippen LogP contribution < -0.4 is 14.2 Å². The number of rotatable bonds is 6. The first-order valence-corrected chi connectivity index (χ1v) is 9.82. The Kier molecular flexibility index (Phi) is 5.38. The molecule has 0 spiro atoms. The summed E-state index contributed by atoms with van der Waals surface area (Å²) in [6.45, 7) is 0. The van der Waals surface area contributed by atoms with Gasteiger partial charge in [0.15, 0.2) is 17.3 Å². The number of carbonyl (C=O) groups excluding carboxylic acids is 2. The Morgan fingerprint density at radius 1 is 0.742 bits per heavy atom. The van der Waals surface area contributed by atoms with E-state index in [-0.39, 0.29) is 28.4 Å². The second-order valence-corrected chi connectivity index (χ2v) is 7.23. The lowest BCUT2D eigenvalue weighted by molar-refractivity contribution is 0.0973. The predicted octanol–water partition coefficient (Wildman–Crippen LogP) is 3.98. The standard InChI is InChI=1S/C25H22O6/c1-29-19-12-8-14(13-18(19)26)7-9-15-10-11-17-22(25(15)31-3)24(28)21-16(23(17)27)5-4-6-20(21)30-2/h4-6,8,10-13,26H,7,9H2,1-3H3. The molecular weight excluding hydrogens is 396 g/mol. The summed E-state index contributed by atoms with van der Waals surface area (Å²) in [7, 11) is 4.47. The van der Waals surface area contributed by atoms with Gasteiger partial charge in [0, 0.05) is 11.1 Å². The van der Waals surface area contributed by atoms with E-state index in [1.807, 2.05) is 12.1 Å². The summed E-state index contributed by atoms with van der Waals surface area (Å²) in [5.74, 6) is 0.720. The van der Waals surface area contributed by atoms with Crippen LogP contribution in [0.15, 0.2) is 48.5 Å². The maximum Gasteiger partial charge on any atom is 0.201 e. The van der Waals surface area contributed by atoms with E-state index in [2.05, 4.69) is 0 Å². The smallest absolute Gasteiger partial charge is 0.201 e. The van der Waals surface area contributed by atoms with Crippen molar-refractivity contribution in [2.75, 3.05) is 21.3 Å². The molecule has 0 bridgehead atoms. The molecule has 0 aromatic heterocycles. The van der Waals surface area contributed by atoms with Crippen molar-refractivity contribution in [3.63, 3.8) is 0 Å². The summed E-state index contributed by atoms with van der Waals surface area (Å²) in [6.07, 6.45) is 1.16. The van der Waals surface area contributed by atoms with Crippen LogP contribution in [0.3, 0.4) is 0 Å². The minimum Gasteiger partial charge on any atom is -0.504 e. The molecule has 0 unspecified atom stereocenters. The maximum atomic E-state index is 13.4. The van der Waals surface area contributed by atoms with Crippen LogP contribution in [-0.4, -0.2) is 38.0 Å². The van der Waals surface area contributed by atoms with E-state index < -0.39 is 0 Å². The molecule has 0 aliphatic heterocycles. The average molecular weight is 418 g/mol. The summed E-state index contributed by atoms with van der Waals surface area (Å²) in [5, 5.41) is 10.0.